The highest BCUT2D eigenvalue weighted by Crippen LogP contribution is 2.23. The first-order valence-electron chi connectivity index (χ1n) is 25.8. The number of carbonyl (C=O) groups excluding carboxylic acids is 3. The average Bonchev–Trinajstić information content (AvgIpc) is 4.19. The average molecular weight is 1100 g/mol. The minimum absolute atomic E-state index is 0.167. The summed E-state index contributed by atoms with van der Waals surface area (Å²) in [6, 6.07) is 1.34. The lowest BCUT2D eigenvalue weighted by Gasteiger charge is -2.26. The van der Waals surface area contributed by atoms with Gasteiger partial charge in [0.1, 0.15) is 42.3 Å². The second kappa shape index (κ2) is 51.2. The smallest absolute Gasteiger partial charge is 0.326 e. The van der Waals surface area contributed by atoms with E-state index >= 15 is 0 Å². The first-order valence-corrected chi connectivity index (χ1v) is 25.8. The number of nitrogens with two attached hydrogens (primary N) is 6. The fourth-order valence-electron chi connectivity index (χ4n) is 7.25. The largest absolute Gasteiger partial charge is 0.480 e. The summed E-state index contributed by atoms with van der Waals surface area (Å²) in [6.45, 7) is 32.7. The number of aliphatic carboxylic acids is 1. The number of amidine groups is 8. The third-order valence-electron chi connectivity index (χ3n) is 10.6. The summed E-state index contributed by atoms with van der Waals surface area (Å²) in [6.07, 6.45) is 11.6. The number of Topliss-reactive ketones (excluding diaryl/α,β-unsaturated/α-hetero) is 1. The molecular formula is C50H108N20O7. The molecule has 0 aromatic carbocycles. The van der Waals surface area contributed by atoms with Crippen LogP contribution in [0, 0.1) is 16.2 Å². The second-order valence-corrected chi connectivity index (χ2v) is 18.4. The molecule has 18 N–H and O–H groups in total. The van der Waals surface area contributed by atoms with E-state index in [-0.39, 0.29) is 23.4 Å². The molecule has 5 heterocycles. The number of carbonyl (C=O) groups is 4. The van der Waals surface area contributed by atoms with E-state index in [1.54, 1.807) is 46.6 Å². The van der Waals surface area contributed by atoms with E-state index in [4.69, 9.17) is 49.5 Å². The molecule has 4 unspecified atom stereocenters. The predicted molar refractivity (Wildman–Crippen MR) is 317 cm³/mol. The molecule has 0 aromatic rings. The van der Waals surface area contributed by atoms with Gasteiger partial charge in [-0.05, 0) is 154 Å². The Morgan fingerprint density at radius 1 is 0.584 bits per heavy atom. The summed E-state index contributed by atoms with van der Waals surface area (Å²) in [5, 5.41) is 51.0. The Hall–Kier alpha value is -6.96. The molecule has 0 saturated carbocycles. The van der Waals surface area contributed by atoms with Gasteiger partial charge in [0.15, 0.2) is 0 Å². The molecule has 2 amide bonds. The maximum atomic E-state index is 10.6. The number of likely N-dealkylation sites (tertiary alicyclic amines) is 5. The zero-order chi connectivity index (χ0) is 61.4. The van der Waals surface area contributed by atoms with Crippen LogP contribution in [-0.4, -0.2) is 190 Å². The molecule has 5 aliphatic heterocycles. The van der Waals surface area contributed by atoms with E-state index in [0.717, 1.165) is 37.7 Å². The van der Waals surface area contributed by atoms with E-state index in [2.05, 4.69) is 89.7 Å². The maximum absolute atomic E-state index is 10.6. The number of nitrogens with one attached hydrogen (secondary N) is 4. The lowest BCUT2D eigenvalue weighted by Crippen LogP contribution is -2.38. The Morgan fingerprint density at radius 3 is 1.13 bits per heavy atom. The quantitative estimate of drug-likeness (QED) is 0.0622. The van der Waals surface area contributed by atoms with Crippen molar-refractivity contribution >= 4 is 70.3 Å². The van der Waals surface area contributed by atoms with Crippen LogP contribution in [0.3, 0.4) is 0 Å². The molecule has 0 spiro atoms. The number of nitrogens with zero attached hydrogens (tertiary/aromatic N) is 10. The molecule has 0 aliphatic carbocycles. The molecule has 5 aliphatic rings. The first kappa shape index (κ1) is 81.4. The summed E-state index contributed by atoms with van der Waals surface area (Å²) in [5.41, 5.74) is 26.8. The summed E-state index contributed by atoms with van der Waals surface area (Å²) in [5.74, 6) is 8.46. The maximum Gasteiger partial charge on any atom is 0.326 e. The molecule has 4 atom stereocenters. The van der Waals surface area contributed by atoms with Crippen molar-refractivity contribution in [2.45, 2.75) is 192 Å². The highest BCUT2D eigenvalue weighted by atomic mass is 16.6. The number of hydrogen-bond donors (Lipinski definition) is 12. The van der Waals surface area contributed by atoms with Gasteiger partial charge in [0.2, 0.25) is 11.8 Å². The van der Waals surface area contributed by atoms with Gasteiger partial charge in [0.05, 0.1) is 23.3 Å². The molecule has 27 heteroatoms. The van der Waals surface area contributed by atoms with Crippen molar-refractivity contribution < 1.29 is 34.3 Å². The van der Waals surface area contributed by atoms with Crippen molar-refractivity contribution in [2.75, 3.05) is 60.5 Å². The summed E-state index contributed by atoms with van der Waals surface area (Å²) < 4.78 is 0. The van der Waals surface area contributed by atoms with Gasteiger partial charge in [-0.3, -0.25) is 30.8 Å². The number of hydrazone groups is 2. The highest BCUT2D eigenvalue weighted by molar-refractivity contribution is 5.84. The minimum Gasteiger partial charge on any atom is -0.480 e. The topological polar surface area (TPSA) is 436 Å². The van der Waals surface area contributed by atoms with Gasteiger partial charge in [0, 0.05) is 85.3 Å². The monoisotopic (exact) mass is 1100 g/mol. The molecule has 0 bridgehead atoms. The molecule has 5 rings (SSSR count). The first-order chi connectivity index (χ1) is 35.7. The van der Waals surface area contributed by atoms with Crippen molar-refractivity contribution in [3.63, 3.8) is 0 Å². The number of amides is 2. The van der Waals surface area contributed by atoms with E-state index in [9.17, 15) is 19.2 Å². The number of carboxylic acid groups (broad SMARTS) is 1. The van der Waals surface area contributed by atoms with Crippen molar-refractivity contribution in [3.8, 4) is 0 Å². The molecule has 450 valence electrons. The van der Waals surface area contributed by atoms with E-state index < -0.39 is 12.0 Å². The summed E-state index contributed by atoms with van der Waals surface area (Å²) in [4.78, 5) is 58.4. The normalized spacial score (nSPS) is 19.2. The van der Waals surface area contributed by atoms with Crippen LogP contribution in [0.25, 0.3) is 0 Å². The summed E-state index contributed by atoms with van der Waals surface area (Å²) in [7, 11) is 5.01. The van der Waals surface area contributed by atoms with E-state index in [1.165, 1.54) is 105 Å². The van der Waals surface area contributed by atoms with Gasteiger partial charge in [-0.2, -0.15) is 10.2 Å². The highest BCUT2D eigenvalue weighted by Gasteiger charge is 2.30. The van der Waals surface area contributed by atoms with Crippen LogP contribution in [0.4, 0.5) is 0 Å². The molecule has 5 saturated heterocycles. The van der Waals surface area contributed by atoms with Crippen LogP contribution in [0.5, 0.6) is 0 Å². The Balaban J connectivity index is -0.000000183. The molecule has 77 heavy (non-hydrogen) atoms. The number of aliphatic imine (C=N–C) groups is 1. The standard InChI is InChI=1S/C8H16N2.C7H12N2O2.2C7H14N2.C6H11NO.C3H9N3.C3H8N2O.C3H6O.C2H7N3.C2H6N2O.C2H5NO/c1-6-4-5-7(2)10(6)8(3)9;1-5(8)9-4-2-3-6(9)7(10)11;1-7(8-2)9-5-3-4-6-9;1-6-4-3-5-9(6)7(2)8;1-6(8)7-4-2-3-5-7;1-3(4)6-5-2;1-3(4)5-6-2;1-3(2)4;1-2(3)5-4;1-2(3)4-5;1-2(3)4/h6-7,9H,4-5H2,1-3H3;6,8H,2-4H2,1H3,(H,10,11);3-6H2,1-2H3;6,8H,3-5H2,1-2H3;2-5H2,1H3;5H,1-2H3,(H2,4,6);1-2H3,(H2,4,5);1-2H3;4H2,1H3,(H2,3,5);5H,1H3,(H2,3,4);1H3,(H2,3,4). The zero-order valence-corrected chi connectivity index (χ0v) is 50.5. The van der Waals surface area contributed by atoms with Gasteiger partial charge < -0.3 is 84.4 Å². The van der Waals surface area contributed by atoms with Crippen LogP contribution in [-0.2, 0) is 24.0 Å². The van der Waals surface area contributed by atoms with Crippen molar-refractivity contribution in [3.05, 3.63) is 0 Å². The fourth-order valence-corrected chi connectivity index (χ4v) is 7.25. The second-order valence-electron chi connectivity index (χ2n) is 18.4. The number of ketones is 1. The molecule has 0 aromatic heterocycles. The fraction of sp³-hybridized carbons (Fsp3) is 0.760. The summed E-state index contributed by atoms with van der Waals surface area (Å²) >= 11 is 0. The van der Waals surface area contributed by atoms with Crippen LogP contribution in [0.2, 0.25) is 0 Å². The van der Waals surface area contributed by atoms with Gasteiger partial charge in [-0.15, -0.1) is 0 Å². The molecule has 0 radical (unpaired) electrons. The number of oxime groups is 2. The Kier molecular flexibility index (Phi) is 54.1. The Bertz CT molecular complexity index is 1700. The SMILES string of the molecule is CC(=N)N1C(C)CCC1C.CC(=N)N1CCCC1C.CC(=N)N1CCCC1C(=O)O.CC(=O)N1CCCC1.CC(C)=O.CC(N)=NN.CC(N)=NO.CC(N)=O.CN=C(C)N1CCCC1.CNN=C(C)N.CON=C(C)N. The third kappa shape index (κ3) is 53.7. The number of rotatable bonds is 3. The number of primary amides is 1. The van der Waals surface area contributed by atoms with Crippen LogP contribution >= 0.6 is 0 Å². The molecular weight excluding hydrogens is 993 g/mol. The van der Waals surface area contributed by atoms with E-state index in [1.807, 2.05) is 25.8 Å². The van der Waals surface area contributed by atoms with Crippen molar-refractivity contribution in [1.82, 2.24) is 29.9 Å². The molecule has 5 fully saturated rings. The molecule has 27 nitrogen and oxygen atoms in total. The lowest BCUT2D eigenvalue weighted by atomic mass is 10.2. The minimum atomic E-state index is -0.811. The van der Waals surface area contributed by atoms with E-state index in [0.29, 0.717) is 54.4 Å². The van der Waals surface area contributed by atoms with Crippen LogP contribution in [0.15, 0.2) is 25.5 Å². The van der Waals surface area contributed by atoms with Crippen LogP contribution < -0.4 is 39.9 Å². The van der Waals surface area contributed by atoms with Crippen LogP contribution in [0.1, 0.15) is 168 Å². The van der Waals surface area contributed by atoms with Gasteiger partial charge >= 0.3 is 5.97 Å². The Morgan fingerprint density at radius 2 is 0.961 bits per heavy atom. The zero-order valence-electron chi connectivity index (χ0n) is 50.5. The Labute approximate surface area is 462 Å². The third-order valence-corrected chi connectivity index (χ3v) is 10.6. The number of carboxylic acids is 1. The van der Waals surface area contributed by atoms with Gasteiger partial charge in [-0.25, -0.2) is 4.79 Å². The lowest BCUT2D eigenvalue weighted by molar-refractivity contribution is -0.141. The predicted octanol–water partition coefficient (Wildman–Crippen LogP) is 4.12. The van der Waals surface area contributed by atoms with Crippen molar-refractivity contribution in [1.29, 1.82) is 16.2 Å². The van der Waals surface area contributed by atoms with Gasteiger partial charge in [0.25, 0.3) is 0 Å². The number of hydrogen-bond acceptors (Lipinski definition) is 16. The van der Waals surface area contributed by atoms with Gasteiger partial charge in [-0.1, -0.05) is 10.3 Å². The van der Waals surface area contributed by atoms with Crippen molar-refractivity contribution in [2.24, 2.45) is 60.0 Å².